The SMILES string of the molecule is Cc1ccc(CN2CCc3nc(-c4ccccc4)n(C)c3C2)s1. The Morgan fingerprint density at radius 2 is 1.96 bits per heavy atom. The first-order valence-corrected chi connectivity index (χ1v) is 8.90. The van der Waals surface area contributed by atoms with E-state index in [0.29, 0.717) is 0 Å². The van der Waals surface area contributed by atoms with E-state index in [2.05, 4.69) is 65.9 Å². The van der Waals surface area contributed by atoms with Crippen molar-refractivity contribution in [3.05, 3.63) is 63.6 Å². The number of fused-ring (bicyclic) bond motifs is 1. The predicted octanol–water partition coefficient (Wildman–Crippen LogP) is 4.02. The summed E-state index contributed by atoms with van der Waals surface area (Å²) in [7, 11) is 2.15. The molecule has 0 radical (unpaired) electrons. The van der Waals surface area contributed by atoms with E-state index >= 15 is 0 Å². The summed E-state index contributed by atoms with van der Waals surface area (Å²) < 4.78 is 2.27. The summed E-state index contributed by atoms with van der Waals surface area (Å²) in [5.74, 6) is 1.09. The molecule has 1 aliphatic rings. The third-order valence-electron chi connectivity index (χ3n) is 4.54. The van der Waals surface area contributed by atoms with Gasteiger partial charge >= 0.3 is 0 Å². The van der Waals surface area contributed by atoms with Crippen molar-refractivity contribution in [1.29, 1.82) is 0 Å². The zero-order valence-electron chi connectivity index (χ0n) is 13.6. The summed E-state index contributed by atoms with van der Waals surface area (Å²) in [4.78, 5) is 10.3. The van der Waals surface area contributed by atoms with E-state index in [1.807, 2.05) is 11.3 Å². The summed E-state index contributed by atoms with van der Waals surface area (Å²) in [6.45, 7) is 5.30. The molecule has 3 aromatic rings. The number of aromatic nitrogens is 2. The van der Waals surface area contributed by atoms with Crippen LogP contribution in [0, 0.1) is 6.92 Å². The number of nitrogens with zero attached hydrogens (tertiary/aromatic N) is 3. The Labute approximate surface area is 141 Å². The number of hydrogen-bond acceptors (Lipinski definition) is 3. The van der Waals surface area contributed by atoms with Gasteiger partial charge in [-0.25, -0.2) is 4.98 Å². The van der Waals surface area contributed by atoms with Gasteiger partial charge in [0, 0.05) is 48.4 Å². The lowest BCUT2D eigenvalue weighted by Gasteiger charge is -2.26. The Morgan fingerprint density at radius 1 is 1.13 bits per heavy atom. The Bertz CT molecular complexity index is 817. The molecule has 0 saturated carbocycles. The van der Waals surface area contributed by atoms with Gasteiger partial charge in [0.05, 0.1) is 11.4 Å². The molecular formula is C19H21N3S. The molecule has 0 atom stereocenters. The highest BCUT2D eigenvalue weighted by atomic mass is 32.1. The predicted molar refractivity (Wildman–Crippen MR) is 95.5 cm³/mol. The van der Waals surface area contributed by atoms with Crippen molar-refractivity contribution < 1.29 is 0 Å². The van der Waals surface area contributed by atoms with Crippen LogP contribution in [0.1, 0.15) is 21.1 Å². The highest BCUT2D eigenvalue weighted by molar-refractivity contribution is 7.11. The maximum absolute atomic E-state index is 4.91. The molecule has 2 aromatic heterocycles. The minimum atomic E-state index is 0.989. The van der Waals surface area contributed by atoms with Crippen LogP contribution in [0.25, 0.3) is 11.4 Å². The Morgan fingerprint density at radius 3 is 2.70 bits per heavy atom. The van der Waals surface area contributed by atoms with E-state index in [4.69, 9.17) is 4.98 Å². The molecule has 3 nitrogen and oxygen atoms in total. The molecular weight excluding hydrogens is 302 g/mol. The third kappa shape index (κ3) is 2.84. The molecule has 0 amide bonds. The normalized spacial score (nSPS) is 14.9. The second kappa shape index (κ2) is 5.95. The topological polar surface area (TPSA) is 21.1 Å². The number of hydrogen-bond donors (Lipinski definition) is 0. The maximum atomic E-state index is 4.91. The number of aryl methyl sites for hydroxylation is 1. The largest absolute Gasteiger partial charge is 0.330 e. The van der Waals surface area contributed by atoms with E-state index in [-0.39, 0.29) is 0 Å². The van der Waals surface area contributed by atoms with Crippen LogP contribution in [-0.2, 0) is 26.6 Å². The first kappa shape index (κ1) is 14.7. The summed E-state index contributed by atoms with van der Waals surface area (Å²) in [5.41, 5.74) is 3.83. The second-order valence-corrected chi connectivity index (χ2v) is 7.60. The lowest BCUT2D eigenvalue weighted by atomic mass is 10.1. The molecule has 1 aromatic carbocycles. The Hall–Kier alpha value is -1.91. The fourth-order valence-corrected chi connectivity index (χ4v) is 4.24. The molecule has 0 saturated heterocycles. The summed E-state index contributed by atoms with van der Waals surface area (Å²) >= 11 is 1.90. The maximum Gasteiger partial charge on any atom is 0.140 e. The van der Waals surface area contributed by atoms with Gasteiger partial charge in [0.15, 0.2) is 0 Å². The minimum Gasteiger partial charge on any atom is -0.330 e. The zero-order valence-corrected chi connectivity index (χ0v) is 14.4. The molecule has 3 heterocycles. The molecule has 118 valence electrons. The van der Waals surface area contributed by atoms with Gasteiger partial charge in [-0.3, -0.25) is 4.90 Å². The molecule has 4 rings (SSSR count). The van der Waals surface area contributed by atoms with Crippen LogP contribution >= 0.6 is 11.3 Å². The number of benzene rings is 1. The van der Waals surface area contributed by atoms with Crippen molar-refractivity contribution in [3.8, 4) is 11.4 Å². The van der Waals surface area contributed by atoms with Crippen LogP contribution in [0.3, 0.4) is 0 Å². The second-order valence-electron chi connectivity index (χ2n) is 6.23. The van der Waals surface area contributed by atoms with Crippen LogP contribution in [0.4, 0.5) is 0 Å². The van der Waals surface area contributed by atoms with Crippen LogP contribution in [0.5, 0.6) is 0 Å². The minimum absolute atomic E-state index is 0.989. The van der Waals surface area contributed by atoms with Crippen molar-refractivity contribution in [2.75, 3.05) is 6.54 Å². The zero-order chi connectivity index (χ0) is 15.8. The van der Waals surface area contributed by atoms with Crippen LogP contribution in [0.15, 0.2) is 42.5 Å². The molecule has 0 unspecified atom stereocenters. The smallest absolute Gasteiger partial charge is 0.140 e. The quantitative estimate of drug-likeness (QED) is 0.726. The molecule has 0 fully saturated rings. The van der Waals surface area contributed by atoms with Crippen LogP contribution in [0.2, 0.25) is 0 Å². The fraction of sp³-hybridized carbons (Fsp3) is 0.316. The average molecular weight is 323 g/mol. The summed E-state index contributed by atoms with van der Waals surface area (Å²) in [6.07, 6.45) is 1.04. The van der Waals surface area contributed by atoms with Gasteiger partial charge in [0.25, 0.3) is 0 Å². The van der Waals surface area contributed by atoms with Gasteiger partial charge in [-0.05, 0) is 19.1 Å². The van der Waals surface area contributed by atoms with Crippen molar-refractivity contribution in [1.82, 2.24) is 14.5 Å². The van der Waals surface area contributed by atoms with Crippen LogP contribution in [-0.4, -0.2) is 21.0 Å². The van der Waals surface area contributed by atoms with Gasteiger partial charge in [-0.15, -0.1) is 11.3 Å². The van der Waals surface area contributed by atoms with Crippen molar-refractivity contribution >= 4 is 11.3 Å². The van der Waals surface area contributed by atoms with E-state index in [1.165, 1.54) is 26.7 Å². The first-order chi connectivity index (χ1) is 11.2. The highest BCUT2D eigenvalue weighted by Gasteiger charge is 2.23. The van der Waals surface area contributed by atoms with Gasteiger partial charge in [0.1, 0.15) is 5.82 Å². The van der Waals surface area contributed by atoms with Gasteiger partial charge in [-0.2, -0.15) is 0 Å². The van der Waals surface area contributed by atoms with E-state index in [9.17, 15) is 0 Å². The summed E-state index contributed by atoms with van der Waals surface area (Å²) in [5, 5.41) is 0. The fourth-order valence-electron chi connectivity index (χ4n) is 3.31. The third-order valence-corrected chi connectivity index (χ3v) is 5.53. The van der Waals surface area contributed by atoms with Crippen molar-refractivity contribution in [3.63, 3.8) is 0 Å². The number of imidazole rings is 1. The lowest BCUT2D eigenvalue weighted by molar-refractivity contribution is 0.240. The molecule has 23 heavy (non-hydrogen) atoms. The first-order valence-electron chi connectivity index (χ1n) is 8.08. The van der Waals surface area contributed by atoms with Gasteiger partial charge < -0.3 is 4.57 Å². The Kier molecular flexibility index (Phi) is 3.79. The molecule has 4 heteroatoms. The molecule has 0 spiro atoms. The van der Waals surface area contributed by atoms with Crippen molar-refractivity contribution in [2.24, 2.45) is 7.05 Å². The Balaban J connectivity index is 1.59. The van der Waals surface area contributed by atoms with E-state index < -0.39 is 0 Å². The molecule has 0 N–H and O–H groups in total. The molecule has 0 bridgehead atoms. The highest BCUT2D eigenvalue weighted by Crippen LogP contribution is 2.27. The van der Waals surface area contributed by atoms with Gasteiger partial charge in [-0.1, -0.05) is 30.3 Å². The standard InChI is InChI=1S/C19H21N3S/c1-14-8-9-16(23-14)12-22-11-10-17-18(13-22)21(2)19(20-17)15-6-4-3-5-7-15/h3-9H,10-13H2,1-2H3. The number of thiophene rings is 1. The summed E-state index contributed by atoms with van der Waals surface area (Å²) in [6, 6.07) is 15.0. The monoisotopic (exact) mass is 323 g/mol. The van der Waals surface area contributed by atoms with Gasteiger partial charge in [0.2, 0.25) is 0 Å². The van der Waals surface area contributed by atoms with E-state index in [0.717, 1.165) is 31.9 Å². The van der Waals surface area contributed by atoms with E-state index in [1.54, 1.807) is 0 Å². The van der Waals surface area contributed by atoms with Crippen LogP contribution < -0.4 is 0 Å². The average Bonchev–Trinajstić information content (AvgIpc) is 3.12. The van der Waals surface area contributed by atoms with Crippen molar-refractivity contribution in [2.45, 2.75) is 26.4 Å². The molecule has 1 aliphatic heterocycles. The molecule has 0 aliphatic carbocycles. The number of rotatable bonds is 3. The lowest BCUT2D eigenvalue weighted by Crippen LogP contribution is -2.30.